The Kier molecular flexibility index (Phi) is 7.01. The summed E-state index contributed by atoms with van der Waals surface area (Å²) in [7, 11) is 1.62. The summed E-state index contributed by atoms with van der Waals surface area (Å²) in [6.45, 7) is 1.98. The molecule has 1 aromatic carbocycles. The van der Waals surface area contributed by atoms with Crippen molar-refractivity contribution in [3.05, 3.63) is 35.9 Å². The molecule has 0 saturated heterocycles. The van der Waals surface area contributed by atoms with Gasteiger partial charge in [0.15, 0.2) is 0 Å². The van der Waals surface area contributed by atoms with Crippen molar-refractivity contribution in [2.75, 3.05) is 33.5 Å². The maximum Gasteiger partial charge on any atom is 0.241 e. The minimum atomic E-state index is -0.634. The summed E-state index contributed by atoms with van der Waals surface area (Å²) in [5, 5.41) is 2.73. The van der Waals surface area contributed by atoms with Crippen LogP contribution in [0.15, 0.2) is 30.3 Å². The van der Waals surface area contributed by atoms with Gasteiger partial charge in [0.1, 0.15) is 6.04 Å². The number of nitrogens with two attached hydrogens (primary N) is 1. The van der Waals surface area contributed by atoms with Crippen LogP contribution < -0.4 is 11.1 Å². The van der Waals surface area contributed by atoms with Crippen LogP contribution in [0, 0.1) is 0 Å². The molecule has 0 spiro atoms. The first kappa shape index (κ1) is 14.6. The van der Waals surface area contributed by atoms with Crippen LogP contribution in [-0.4, -0.2) is 39.4 Å². The molecule has 3 N–H and O–H groups in total. The molecule has 5 heteroatoms. The third kappa shape index (κ3) is 5.27. The van der Waals surface area contributed by atoms with Gasteiger partial charge in [-0.3, -0.25) is 4.79 Å². The maximum atomic E-state index is 11.7. The van der Waals surface area contributed by atoms with Crippen molar-refractivity contribution in [2.24, 2.45) is 5.73 Å². The zero-order valence-corrected chi connectivity index (χ0v) is 10.6. The Hall–Kier alpha value is -1.43. The summed E-state index contributed by atoms with van der Waals surface area (Å²) in [5.41, 5.74) is 6.63. The van der Waals surface area contributed by atoms with Gasteiger partial charge in [-0.1, -0.05) is 30.3 Å². The van der Waals surface area contributed by atoms with Crippen LogP contribution in [-0.2, 0) is 14.3 Å². The van der Waals surface area contributed by atoms with Crippen LogP contribution in [0.3, 0.4) is 0 Å². The summed E-state index contributed by atoms with van der Waals surface area (Å²) in [4.78, 5) is 11.7. The van der Waals surface area contributed by atoms with E-state index in [2.05, 4.69) is 5.32 Å². The highest BCUT2D eigenvalue weighted by atomic mass is 16.5. The molecule has 0 aliphatic heterocycles. The summed E-state index contributed by atoms with van der Waals surface area (Å²) in [6.07, 6.45) is 0. The molecule has 5 nitrogen and oxygen atoms in total. The molecule has 0 aliphatic carbocycles. The molecule has 0 heterocycles. The van der Waals surface area contributed by atoms with E-state index in [-0.39, 0.29) is 5.91 Å². The monoisotopic (exact) mass is 252 g/mol. The smallest absolute Gasteiger partial charge is 0.241 e. The zero-order chi connectivity index (χ0) is 13.2. The second-order valence-corrected chi connectivity index (χ2v) is 3.78. The fraction of sp³-hybridized carbons (Fsp3) is 0.462. The molecule has 1 atom stereocenters. The first-order chi connectivity index (χ1) is 8.75. The third-order valence-corrected chi connectivity index (χ3v) is 2.42. The Bertz CT molecular complexity index is 343. The lowest BCUT2D eigenvalue weighted by Gasteiger charge is -2.12. The highest BCUT2D eigenvalue weighted by Gasteiger charge is 2.14. The molecule has 0 bridgehead atoms. The van der Waals surface area contributed by atoms with Crippen LogP contribution in [0.5, 0.6) is 0 Å². The van der Waals surface area contributed by atoms with Gasteiger partial charge < -0.3 is 20.5 Å². The lowest BCUT2D eigenvalue weighted by molar-refractivity contribution is -0.122. The molecular weight excluding hydrogens is 232 g/mol. The van der Waals surface area contributed by atoms with E-state index >= 15 is 0 Å². The number of carbonyl (C=O) groups excluding carboxylic acids is 1. The molecule has 0 radical (unpaired) electrons. The molecule has 0 saturated carbocycles. The highest BCUT2D eigenvalue weighted by molar-refractivity contribution is 5.82. The van der Waals surface area contributed by atoms with Gasteiger partial charge in [-0.25, -0.2) is 0 Å². The Labute approximate surface area is 107 Å². The maximum absolute atomic E-state index is 11.7. The van der Waals surface area contributed by atoms with E-state index in [0.717, 1.165) is 5.56 Å². The van der Waals surface area contributed by atoms with E-state index in [0.29, 0.717) is 26.4 Å². The highest BCUT2D eigenvalue weighted by Crippen LogP contribution is 2.08. The number of hydrogen-bond donors (Lipinski definition) is 2. The molecular formula is C13H20N2O3. The van der Waals surface area contributed by atoms with Gasteiger partial charge in [-0.2, -0.15) is 0 Å². The number of ether oxygens (including phenoxy) is 2. The average molecular weight is 252 g/mol. The first-order valence-corrected chi connectivity index (χ1v) is 5.90. The Balaban J connectivity index is 2.20. The van der Waals surface area contributed by atoms with E-state index in [4.69, 9.17) is 15.2 Å². The minimum absolute atomic E-state index is 0.198. The molecule has 1 aromatic rings. The molecule has 18 heavy (non-hydrogen) atoms. The van der Waals surface area contributed by atoms with Crippen LogP contribution in [0.1, 0.15) is 11.6 Å². The predicted molar refractivity (Wildman–Crippen MR) is 69.1 cm³/mol. The fourth-order valence-corrected chi connectivity index (χ4v) is 1.41. The minimum Gasteiger partial charge on any atom is -0.382 e. The van der Waals surface area contributed by atoms with E-state index < -0.39 is 6.04 Å². The van der Waals surface area contributed by atoms with Crippen LogP contribution in [0.2, 0.25) is 0 Å². The normalized spacial score (nSPS) is 12.1. The van der Waals surface area contributed by atoms with Crippen molar-refractivity contribution in [3.8, 4) is 0 Å². The van der Waals surface area contributed by atoms with Crippen molar-refractivity contribution in [1.82, 2.24) is 5.32 Å². The first-order valence-electron chi connectivity index (χ1n) is 5.90. The zero-order valence-electron chi connectivity index (χ0n) is 10.6. The van der Waals surface area contributed by atoms with Crippen LogP contribution in [0.25, 0.3) is 0 Å². The van der Waals surface area contributed by atoms with Crippen LogP contribution >= 0.6 is 0 Å². The SMILES string of the molecule is COCCOCCNC(=O)[C@@H](N)c1ccccc1. The summed E-state index contributed by atoms with van der Waals surface area (Å²) in [6, 6.07) is 8.63. The van der Waals surface area contributed by atoms with Gasteiger partial charge in [0.2, 0.25) is 5.91 Å². The Morgan fingerprint density at radius 3 is 2.67 bits per heavy atom. The van der Waals surface area contributed by atoms with E-state index in [9.17, 15) is 4.79 Å². The van der Waals surface area contributed by atoms with Gasteiger partial charge in [0.25, 0.3) is 0 Å². The topological polar surface area (TPSA) is 73.6 Å². The number of carbonyl (C=O) groups is 1. The number of hydrogen-bond acceptors (Lipinski definition) is 4. The number of methoxy groups -OCH3 is 1. The molecule has 1 rings (SSSR count). The molecule has 0 unspecified atom stereocenters. The van der Waals surface area contributed by atoms with Crippen molar-refractivity contribution in [1.29, 1.82) is 0 Å². The second-order valence-electron chi connectivity index (χ2n) is 3.78. The van der Waals surface area contributed by atoms with Gasteiger partial charge in [0.05, 0.1) is 19.8 Å². The van der Waals surface area contributed by atoms with Crippen LogP contribution in [0.4, 0.5) is 0 Å². The summed E-state index contributed by atoms with van der Waals surface area (Å²) >= 11 is 0. The van der Waals surface area contributed by atoms with E-state index in [1.165, 1.54) is 0 Å². The number of amides is 1. The Morgan fingerprint density at radius 2 is 2.00 bits per heavy atom. The van der Waals surface area contributed by atoms with Gasteiger partial charge in [-0.15, -0.1) is 0 Å². The fourth-order valence-electron chi connectivity index (χ4n) is 1.41. The number of nitrogens with one attached hydrogen (secondary N) is 1. The quantitative estimate of drug-likeness (QED) is 0.659. The standard InChI is InChI=1S/C13H20N2O3/c1-17-9-10-18-8-7-15-13(16)12(14)11-5-3-2-4-6-11/h2-6,12H,7-10,14H2,1H3,(H,15,16)/t12-/m0/s1. The average Bonchev–Trinajstić information content (AvgIpc) is 2.42. The molecule has 100 valence electrons. The van der Waals surface area contributed by atoms with Gasteiger partial charge in [-0.05, 0) is 5.56 Å². The number of benzene rings is 1. The van der Waals surface area contributed by atoms with Crippen molar-refractivity contribution in [3.63, 3.8) is 0 Å². The summed E-state index contributed by atoms with van der Waals surface area (Å²) in [5.74, 6) is -0.198. The molecule has 0 aliphatic rings. The Morgan fingerprint density at radius 1 is 1.28 bits per heavy atom. The summed E-state index contributed by atoms with van der Waals surface area (Å²) < 4.78 is 10.1. The molecule has 1 amide bonds. The molecule has 0 fully saturated rings. The second kappa shape index (κ2) is 8.63. The van der Waals surface area contributed by atoms with Gasteiger partial charge >= 0.3 is 0 Å². The van der Waals surface area contributed by atoms with E-state index in [1.54, 1.807) is 7.11 Å². The lowest BCUT2D eigenvalue weighted by atomic mass is 10.1. The predicted octanol–water partition coefficient (Wildman–Crippen LogP) is 0.466. The van der Waals surface area contributed by atoms with Crippen molar-refractivity contribution < 1.29 is 14.3 Å². The number of rotatable bonds is 8. The third-order valence-electron chi connectivity index (χ3n) is 2.42. The van der Waals surface area contributed by atoms with Crippen molar-refractivity contribution in [2.45, 2.75) is 6.04 Å². The van der Waals surface area contributed by atoms with Gasteiger partial charge in [0, 0.05) is 13.7 Å². The largest absolute Gasteiger partial charge is 0.382 e. The molecule has 0 aromatic heterocycles. The lowest BCUT2D eigenvalue weighted by Crippen LogP contribution is -2.36. The van der Waals surface area contributed by atoms with Crippen molar-refractivity contribution >= 4 is 5.91 Å². The van der Waals surface area contributed by atoms with E-state index in [1.807, 2.05) is 30.3 Å².